The second-order valence-electron chi connectivity index (χ2n) is 9.31. The van der Waals surface area contributed by atoms with Gasteiger partial charge in [-0.25, -0.2) is 9.50 Å². The van der Waals surface area contributed by atoms with Crippen LogP contribution < -0.4 is 0 Å². The highest BCUT2D eigenvalue weighted by atomic mass is 16.5. The molecule has 3 aromatic heterocycles. The number of amides is 1. The monoisotopic (exact) mass is 436 g/mol. The topological polar surface area (TPSA) is 79.8 Å². The summed E-state index contributed by atoms with van der Waals surface area (Å²) in [5, 5.41) is 8.83. The quantitative estimate of drug-likeness (QED) is 0.622. The Hall–Kier alpha value is -2.74. The molecule has 170 valence electrons. The van der Waals surface area contributed by atoms with Crippen LogP contribution in [0.25, 0.3) is 17.0 Å². The van der Waals surface area contributed by atoms with Gasteiger partial charge in [-0.1, -0.05) is 18.0 Å². The summed E-state index contributed by atoms with van der Waals surface area (Å²) in [6.45, 7) is 8.01. The van der Waals surface area contributed by atoms with Crippen molar-refractivity contribution >= 4 is 11.6 Å². The van der Waals surface area contributed by atoms with Gasteiger partial charge in [0.1, 0.15) is 0 Å². The van der Waals surface area contributed by atoms with E-state index >= 15 is 0 Å². The van der Waals surface area contributed by atoms with Crippen molar-refractivity contribution in [1.82, 2.24) is 29.6 Å². The smallest absolute Gasteiger partial charge is 0.236 e. The molecule has 0 aliphatic carbocycles. The molecule has 0 aromatic carbocycles. The van der Waals surface area contributed by atoms with Gasteiger partial charge in [0.05, 0.1) is 29.2 Å². The number of rotatable bonds is 4. The van der Waals surface area contributed by atoms with E-state index in [1.54, 1.807) is 0 Å². The zero-order valence-electron chi connectivity index (χ0n) is 19.1. The van der Waals surface area contributed by atoms with Gasteiger partial charge in [0.15, 0.2) is 11.4 Å². The lowest BCUT2D eigenvalue weighted by Gasteiger charge is -2.34. The summed E-state index contributed by atoms with van der Waals surface area (Å²) in [5.74, 6) is 1.23. The average molecular weight is 437 g/mol. The first-order valence-electron chi connectivity index (χ1n) is 11.9. The van der Waals surface area contributed by atoms with Gasteiger partial charge in [-0.2, -0.15) is 5.10 Å². The van der Waals surface area contributed by atoms with Gasteiger partial charge in [0.2, 0.25) is 5.91 Å². The maximum absolute atomic E-state index is 13.0. The second-order valence-corrected chi connectivity index (χ2v) is 9.31. The van der Waals surface area contributed by atoms with Crippen LogP contribution in [-0.2, 0) is 4.79 Å². The molecule has 32 heavy (non-hydrogen) atoms. The van der Waals surface area contributed by atoms with Crippen molar-refractivity contribution in [3.05, 3.63) is 35.4 Å². The van der Waals surface area contributed by atoms with Crippen LogP contribution in [0.4, 0.5) is 0 Å². The Bertz CT molecular complexity index is 1100. The van der Waals surface area contributed by atoms with Crippen molar-refractivity contribution in [2.75, 3.05) is 32.7 Å². The van der Waals surface area contributed by atoms with E-state index in [9.17, 15) is 4.79 Å². The third kappa shape index (κ3) is 4.28. The number of hydrogen-bond acceptors (Lipinski definition) is 6. The summed E-state index contributed by atoms with van der Waals surface area (Å²) < 4.78 is 7.58. The van der Waals surface area contributed by atoms with E-state index in [0.717, 1.165) is 85.9 Å². The summed E-state index contributed by atoms with van der Waals surface area (Å²) in [4.78, 5) is 22.0. The molecule has 2 aliphatic heterocycles. The molecule has 1 atom stereocenters. The minimum atomic E-state index is 0.242. The first-order chi connectivity index (χ1) is 15.6. The fourth-order valence-electron chi connectivity index (χ4n) is 5.17. The fraction of sp³-hybridized carbons (Fsp3) is 0.583. The van der Waals surface area contributed by atoms with Crippen LogP contribution in [0.3, 0.4) is 0 Å². The second kappa shape index (κ2) is 9.02. The molecule has 8 heteroatoms. The maximum atomic E-state index is 13.0. The summed E-state index contributed by atoms with van der Waals surface area (Å²) >= 11 is 0. The number of piperidine rings is 1. The van der Waals surface area contributed by atoms with Gasteiger partial charge >= 0.3 is 0 Å². The van der Waals surface area contributed by atoms with Crippen molar-refractivity contribution in [2.24, 2.45) is 0 Å². The molecule has 2 aliphatic rings. The highest BCUT2D eigenvalue weighted by molar-refractivity contribution is 5.78. The predicted octanol–water partition coefficient (Wildman–Crippen LogP) is 3.58. The Morgan fingerprint density at radius 3 is 2.62 bits per heavy atom. The van der Waals surface area contributed by atoms with E-state index in [2.05, 4.69) is 19.9 Å². The maximum Gasteiger partial charge on any atom is 0.236 e. The van der Waals surface area contributed by atoms with E-state index in [4.69, 9.17) is 9.62 Å². The lowest BCUT2D eigenvalue weighted by atomic mass is 9.91. The fourth-order valence-corrected chi connectivity index (χ4v) is 5.17. The van der Waals surface area contributed by atoms with Crippen LogP contribution in [0.15, 0.2) is 22.9 Å². The highest BCUT2D eigenvalue weighted by Gasteiger charge is 2.30. The third-order valence-corrected chi connectivity index (χ3v) is 6.75. The number of aromatic nitrogens is 4. The summed E-state index contributed by atoms with van der Waals surface area (Å²) in [7, 11) is 0. The van der Waals surface area contributed by atoms with Crippen molar-refractivity contribution in [3.8, 4) is 11.3 Å². The lowest BCUT2D eigenvalue weighted by molar-refractivity contribution is -0.132. The van der Waals surface area contributed by atoms with Crippen LogP contribution in [0.5, 0.6) is 0 Å². The standard InChI is InChI=1S/C24H32N6O2/c1-17-13-22-25-14-20(21-12-18(2)27-32-21)24(30(22)26-17)19-8-7-9-28(15-19)16-23(31)29-10-5-3-4-6-11-29/h12-14,19H,3-11,15-16H2,1-2H3. The predicted molar refractivity (Wildman–Crippen MR) is 121 cm³/mol. The summed E-state index contributed by atoms with van der Waals surface area (Å²) in [6.07, 6.45) is 8.71. The van der Waals surface area contributed by atoms with E-state index in [-0.39, 0.29) is 11.8 Å². The number of hydrogen-bond donors (Lipinski definition) is 0. The SMILES string of the molecule is Cc1cc(-c2cnc3cc(C)nn3c2C2CCCN(CC(=O)N3CCCCCC3)C2)on1. The zero-order valence-corrected chi connectivity index (χ0v) is 19.1. The van der Waals surface area contributed by atoms with Gasteiger partial charge in [-0.15, -0.1) is 0 Å². The van der Waals surface area contributed by atoms with Gasteiger partial charge in [-0.3, -0.25) is 9.69 Å². The molecule has 1 amide bonds. The number of nitrogens with zero attached hydrogens (tertiary/aromatic N) is 6. The molecule has 5 rings (SSSR count). The molecular weight excluding hydrogens is 404 g/mol. The highest BCUT2D eigenvalue weighted by Crippen LogP contribution is 2.35. The number of carbonyl (C=O) groups is 1. The van der Waals surface area contributed by atoms with Crippen molar-refractivity contribution in [3.63, 3.8) is 0 Å². The van der Waals surface area contributed by atoms with Crippen LogP contribution in [0.2, 0.25) is 0 Å². The van der Waals surface area contributed by atoms with Crippen molar-refractivity contribution < 1.29 is 9.32 Å². The van der Waals surface area contributed by atoms with E-state index in [1.807, 2.05) is 36.7 Å². The normalized spacial score (nSPS) is 20.6. The average Bonchev–Trinajstić information content (AvgIpc) is 3.27. The number of likely N-dealkylation sites (tertiary alicyclic amines) is 2. The molecule has 0 spiro atoms. The largest absolute Gasteiger partial charge is 0.356 e. The van der Waals surface area contributed by atoms with Crippen LogP contribution in [-0.4, -0.2) is 68.2 Å². The van der Waals surface area contributed by atoms with Crippen molar-refractivity contribution in [1.29, 1.82) is 0 Å². The molecule has 3 aromatic rings. The Balaban J connectivity index is 1.42. The van der Waals surface area contributed by atoms with Gasteiger partial charge in [-0.05, 0) is 46.1 Å². The van der Waals surface area contributed by atoms with Crippen LogP contribution in [0, 0.1) is 13.8 Å². The first-order valence-corrected chi connectivity index (χ1v) is 11.9. The Morgan fingerprint density at radius 1 is 1.06 bits per heavy atom. The van der Waals surface area contributed by atoms with Crippen LogP contribution in [0.1, 0.15) is 61.5 Å². The van der Waals surface area contributed by atoms with E-state index in [1.165, 1.54) is 12.8 Å². The van der Waals surface area contributed by atoms with Gasteiger partial charge in [0, 0.05) is 43.9 Å². The molecule has 0 radical (unpaired) electrons. The zero-order chi connectivity index (χ0) is 22.1. The molecule has 1 unspecified atom stereocenters. The molecular formula is C24H32N6O2. The molecule has 2 saturated heterocycles. The molecule has 8 nitrogen and oxygen atoms in total. The molecule has 0 N–H and O–H groups in total. The van der Waals surface area contributed by atoms with Crippen LogP contribution >= 0.6 is 0 Å². The van der Waals surface area contributed by atoms with Gasteiger partial charge < -0.3 is 9.42 Å². The Morgan fingerprint density at radius 2 is 1.88 bits per heavy atom. The van der Waals surface area contributed by atoms with Gasteiger partial charge in [0.25, 0.3) is 0 Å². The Kier molecular flexibility index (Phi) is 5.95. The number of fused-ring (bicyclic) bond motifs is 1. The lowest BCUT2D eigenvalue weighted by Crippen LogP contribution is -2.44. The first kappa shape index (κ1) is 21.1. The molecule has 0 bridgehead atoms. The Labute approximate surface area is 188 Å². The molecule has 0 saturated carbocycles. The minimum Gasteiger partial charge on any atom is -0.356 e. The van der Waals surface area contributed by atoms with Crippen molar-refractivity contribution in [2.45, 2.75) is 58.3 Å². The molecule has 5 heterocycles. The molecule has 2 fully saturated rings. The minimum absolute atomic E-state index is 0.242. The van der Waals surface area contributed by atoms with E-state index in [0.29, 0.717) is 6.54 Å². The third-order valence-electron chi connectivity index (χ3n) is 6.75. The summed E-state index contributed by atoms with van der Waals surface area (Å²) in [6, 6.07) is 3.95. The number of carbonyl (C=O) groups excluding carboxylic acids is 1. The number of aryl methyl sites for hydroxylation is 2. The summed E-state index contributed by atoms with van der Waals surface area (Å²) in [5.41, 5.74) is 4.66. The van der Waals surface area contributed by atoms with E-state index < -0.39 is 0 Å².